The highest BCUT2D eigenvalue weighted by atomic mass is 14.8. The fourth-order valence-corrected chi connectivity index (χ4v) is 1.48. The average Bonchev–Trinajstić information content (AvgIpc) is 2.55. The van der Waals surface area contributed by atoms with Gasteiger partial charge in [-0.15, -0.1) is 0 Å². The zero-order valence-electron chi connectivity index (χ0n) is 9.89. The van der Waals surface area contributed by atoms with Crippen molar-refractivity contribution in [1.29, 1.82) is 0 Å². The Labute approximate surface area is 83.0 Å². The lowest BCUT2D eigenvalue weighted by Gasteiger charge is -2.11. The average molecular weight is 181 g/mol. The second kappa shape index (κ2) is 5.95. The minimum atomic E-state index is 0.589. The summed E-state index contributed by atoms with van der Waals surface area (Å²) in [6, 6.07) is 0. The summed E-state index contributed by atoms with van der Waals surface area (Å²) >= 11 is 0. The molecule has 1 nitrogen and oxygen atoms in total. The van der Waals surface area contributed by atoms with Crippen LogP contribution < -0.4 is 0 Å². The van der Waals surface area contributed by atoms with E-state index in [-0.39, 0.29) is 0 Å². The molecule has 0 aromatic heterocycles. The first kappa shape index (κ1) is 12.4. The van der Waals surface area contributed by atoms with E-state index in [1.54, 1.807) is 0 Å². The third-order valence-electron chi connectivity index (χ3n) is 2.11. The van der Waals surface area contributed by atoms with Crippen molar-refractivity contribution in [1.82, 2.24) is 0 Å². The number of rotatable bonds is 2. The van der Waals surface area contributed by atoms with E-state index in [2.05, 4.69) is 32.7 Å². The van der Waals surface area contributed by atoms with E-state index in [9.17, 15) is 0 Å². The summed E-state index contributed by atoms with van der Waals surface area (Å²) in [7, 11) is 0. The molecule has 0 aliphatic carbocycles. The lowest BCUT2D eigenvalue weighted by Crippen LogP contribution is -1.98. The monoisotopic (exact) mass is 181 g/mol. The van der Waals surface area contributed by atoms with E-state index >= 15 is 0 Å². The highest BCUT2D eigenvalue weighted by molar-refractivity contribution is 5.67. The lowest BCUT2D eigenvalue weighted by atomic mass is 9.96. The minimum absolute atomic E-state index is 0.589. The Hall–Kier alpha value is -0.590. The topological polar surface area (TPSA) is 12.4 Å². The van der Waals surface area contributed by atoms with Crippen LogP contribution in [0, 0.1) is 11.8 Å². The number of allylic oxidation sites excluding steroid dienone is 2. The summed E-state index contributed by atoms with van der Waals surface area (Å²) in [4.78, 5) is 4.39. The van der Waals surface area contributed by atoms with Crippen molar-refractivity contribution in [2.45, 2.75) is 48.0 Å². The number of hydrogen-bond donors (Lipinski definition) is 0. The van der Waals surface area contributed by atoms with Crippen molar-refractivity contribution in [3.63, 3.8) is 0 Å². The second-order valence-corrected chi connectivity index (χ2v) is 3.74. The molecule has 1 heterocycles. The van der Waals surface area contributed by atoms with Crippen LogP contribution in [0.2, 0.25) is 0 Å². The molecule has 1 heteroatoms. The molecule has 0 atom stereocenters. The molecule has 1 rings (SSSR count). The van der Waals surface area contributed by atoms with Crippen LogP contribution in [0.5, 0.6) is 0 Å². The van der Waals surface area contributed by atoms with E-state index in [0.717, 1.165) is 6.42 Å². The zero-order valence-corrected chi connectivity index (χ0v) is 9.89. The van der Waals surface area contributed by atoms with Gasteiger partial charge in [-0.25, -0.2) is 0 Å². The summed E-state index contributed by atoms with van der Waals surface area (Å²) in [6.07, 6.45) is 3.11. The Morgan fingerprint density at radius 3 is 1.92 bits per heavy atom. The van der Waals surface area contributed by atoms with Gasteiger partial charge in [-0.05, 0) is 17.4 Å². The smallest absolute Gasteiger partial charge is 0.0423 e. The van der Waals surface area contributed by atoms with Gasteiger partial charge in [0, 0.05) is 18.3 Å². The molecule has 0 unspecified atom stereocenters. The van der Waals surface area contributed by atoms with Crippen LogP contribution in [0.3, 0.4) is 0 Å². The molecule has 1 aliphatic rings. The van der Waals surface area contributed by atoms with Gasteiger partial charge in [-0.3, -0.25) is 4.99 Å². The van der Waals surface area contributed by atoms with Crippen molar-refractivity contribution in [3.05, 3.63) is 11.3 Å². The predicted molar refractivity (Wildman–Crippen MR) is 61.2 cm³/mol. The Morgan fingerprint density at radius 1 is 1.08 bits per heavy atom. The Kier molecular flexibility index (Phi) is 5.68. The molecule has 13 heavy (non-hydrogen) atoms. The molecular formula is C12H23N. The quantitative estimate of drug-likeness (QED) is 0.609. The van der Waals surface area contributed by atoms with Gasteiger partial charge in [0.15, 0.2) is 0 Å². The van der Waals surface area contributed by atoms with Gasteiger partial charge in [0.1, 0.15) is 0 Å². The van der Waals surface area contributed by atoms with Crippen molar-refractivity contribution in [2.75, 3.05) is 0 Å². The van der Waals surface area contributed by atoms with Crippen LogP contribution in [0.15, 0.2) is 16.3 Å². The summed E-state index contributed by atoms with van der Waals surface area (Å²) in [5, 5.41) is 0. The lowest BCUT2D eigenvalue weighted by molar-refractivity contribution is 0.688. The number of nitrogens with zero attached hydrogens (tertiary/aromatic N) is 1. The SMILES string of the molecule is CC.CC(C)C1=C(C(C)C)N=CC1. The fraction of sp³-hybridized carbons (Fsp3) is 0.750. The molecule has 0 aromatic rings. The highest BCUT2D eigenvalue weighted by Gasteiger charge is 2.15. The second-order valence-electron chi connectivity index (χ2n) is 3.74. The third-order valence-corrected chi connectivity index (χ3v) is 2.11. The van der Waals surface area contributed by atoms with Gasteiger partial charge in [-0.1, -0.05) is 41.5 Å². The Bertz CT molecular complexity index is 197. The maximum Gasteiger partial charge on any atom is 0.0423 e. The van der Waals surface area contributed by atoms with E-state index < -0.39 is 0 Å². The van der Waals surface area contributed by atoms with Crippen molar-refractivity contribution < 1.29 is 0 Å². The van der Waals surface area contributed by atoms with Gasteiger partial charge in [0.25, 0.3) is 0 Å². The number of hydrogen-bond acceptors (Lipinski definition) is 1. The van der Waals surface area contributed by atoms with E-state index in [4.69, 9.17) is 0 Å². The minimum Gasteiger partial charge on any atom is -0.265 e. The van der Waals surface area contributed by atoms with Crippen molar-refractivity contribution in [3.8, 4) is 0 Å². The van der Waals surface area contributed by atoms with Crippen LogP contribution in [-0.4, -0.2) is 6.21 Å². The molecule has 0 amide bonds. The van der Waals surface area contributed by atoms with Crippen molar-refractivity contribution >= 4 is 6.21 Å². The third kappa shape index (κ3) is 3.33. The van der Waals surface area contributed by atoms with Crippen molar-refractivity contribution in [2.24, 2.45) is 16.8 Å². The van der Waals surface area contributed by atoms with Crippen LogP contribution in [0.1, 0.15) is 48.0 Å². The first-order valence-electron chi connectivity index (χ1n) is 5.38. The molecule has 0 aromatic carbocycles. The Morgan fingerprint density at radius 2 is 1.62 bits per heavy atom. The predicted octanol–water partition coefficient (Wildman–Crippen LogP) is 4.05. The summed E-state index contributed by atoms with van der Waals surface area (Å²) < 4.78 is 0. The molecule has 0 saturated heterocycles. The summed E-state index contributed by atoms with van der Waals surface area (Å²) in [6.45, 7) is 12.9. The molecule has 1 aliphatic heterocycles. The molecule has 0 radical (unpaired) electrons. The van der Waals surface area contributed by atoms with Gasteiger partial charge in [0.05, 0.1) is 0 Å². The van der Waals surface area contributed by atoms with E-state index in [1.807, 2.05) is 20.1 Å². The van der Waals surface area contributed by atoms with Crippen LogP contribution in [-0.2, 0) is 0 Å². The molecule has 0 fully saturated rings. The normalized spacial score (nSPS) is 15.4. The molecule has 0 N–H and O–H groups in total. The summed E-state index contributed by atoms with van der Waals surface area (Å²) in [5.74, 6) is 1.25. The molecule has 0 saturated carbocycles. The summed E-state index contributed by atoms with van der Waals surface area (Å²) in [5.41, 5.74) is 2.85. The van der Waals surface area contributed by atoms with E-state index in [1.165, 1.54) is 11.3 Å². The van der Waals surface area contributed by atoms with Crippen LogP contribution >= 0.6 is 0 Å². The largest absolute Gasteiger partial charge is 0.265 e. The highest BCUT2D eigenvalue weighted by Crippen LogP contribution is 2.28. The number of aliphatic imine (C=N–C) groups is 1. The van der Waals surface area contributed by atoms with Crippen LogP contribution in [0.4, 0.5) is 0 Å². The maximum atomic E-state index is 4.39. The molecule has 76 valence electrons. The van der Waals surface area contributed by atoms with E-state index in [0.29, 0.717) is 11.8 Å². The molecule has 0 bridgehead atoms. The van der Waals surface area contributed by atoms with Gasteiger partial charge >= 0.3 is 0 Å². The maximum absolute atomic E-state index is 4.39. The first-order chi connectivity index (χ1) is 6.13. The van der Waals surface area contributed by atoms with Gasteiger partial charge in [0.2, 0.25) is 0 Å². The Balaban J connectivity index is 0.000000671. The molecule has 0 spiro atoms. The molecular weight excluding hydrogens is 158 g/mol. The van der Waals surface area contributed by atoms with Gasteiger partial charge < -0.3 is 0 Å². The van der Waals surface area contributed by atoms with Crippen LogP contribution in [0.25, 0.3) is 0 Å². The van der Waals surface area contributed by atoms with Gasteiger partial charge in [-0.2, -0.15) is 0 Å². The first-order valence-corrected chi connectivity index (χ1v) is 5.38. The standard InChI is InChI=1S/C10H17N.C2H6/c1-7(2)9-5-6-11-10(9)8(3)4;1-2/h6-8H,5H2,1-4H3;1-2H3. The fourth-order valence-electron chi connectivity index (χ4n) is 1.48. The zero-order chi connectivity index (χ0) is 10.4.